The van der Waals surface area contributed by atoms with E-state index in [1.54, 1.807) is 0 Å². The van der Waals surface area contributed by atoms with Crippen LogP contribution in [0.1, 0.15) is 25.5 Å². The minimum atomic E-state index is 0.342. The highest BCUT2D eigenvalue weighted by Crippen LogP contribution is 2.24. The van der Waals surface area contributed by atoms with Crippen molar-refractivity contribution in [3.8, 4) is 0 Å². The summed E-state index contributed by atoms with van der Waals surface area (Å²) in [5.74, 6) is 0. The Balaban J connectivity index is 2.10. The van der Waals surface area contributed by atoms with Crippen molar-refractivity contribution in [2.75, 3.05) is 25.0 Å². The van der Waals surface area contributed by atoms with E-state index < -0.39 is 0 Å². The van der Waals surface area contributed by atoms with Gasteiger partial charge in [0.05, 0.1) is 6.04 Å². The Labute approximate surface area is 132 Å². The molecule has 20 heavy (non-hydrogen) atoms. The van der Waals surface area contributed by atoms with Crippen molar-refractivity contribution < 1.29 is 0 Å². The predicted octanol–water partition coefficient (Wildman–Crippen LogP) is 3.80. The zero-order chi connectivity index (χ0) is 14.4. The lowest BCUT2D eigenvalue weighted by atomic mass is 10.1. The van der Waals surface area contributed by atoms with Gasteiger partial charge in [-0.15, -0.1) is 10.2 Å². The first-order chi connectivity index (χ1) is 9.74. The Morgan fingerprint density at radius 2 is 1.90 bits per heavy atom. The molecule has 108 valence electrons. The molecule has 0 aliphatic rings. The van der Waals surface area contributed by atoms with Crippen molar-refractivity contribution >= 4 is 32.4 Å². The molecular weight excluding hydrogens is 336 g/mol. The molecule has 0 aliphatic carbocycles. The zero-order valence-corrected chi connectivity index (χ0v) is 14.1. The number of rotatable bonds is 7. The average molecular weight is 355 g/mol. The third kappa shape index (κ3) is 4.01. The fraction of sp³-hybridized carbons (Fsp3) is 0.429. The van der Waals surface area contributed by atoms with Crippen molar-refractivity contribution in [2.24, 2.45) is 0 Å². The van der Waals surface area contributed by atoms with E-state index >= 15 is 0 Å². The van der Waals surface area contributed by atoms with Crippen molar-refractivity contribution in [3.63, 3.8) is 0 Å². The molecule has 0 bridgehead atoms. The van der Waals surface area contributed by atoms with Crippen molar-refractivity contribution in [1.82, 2.24) is 15.1 Å². The van der Waals surface area contributed by atoms with Crippen LogP contribution < -0.4 is 5.32 Å². The van der Waals surface area contributed by atoms with Gasteiger partial charge in [0.15, 0.2) is 3.92 Å². The van der Waals surface area contributed by atoms with Crippen LogP contribution in [-0.4, -0.2) is 34.7 Å². The number of aromatic nitrogens is 2. The van der Waals surface area contributed by atoms with E-state index in [4.69, 9.17) is 0 Å². The second-order valence-corrected chi connectivity index (χ2v) is 6.64. The summed E-state index contributed by atoms with van der Waals surface area (Å²) in [6.45, 7) is 7.27. The second-order valence-electron chi connectivity index (χ2n) is 4.39. The maximum absolute atomic E-state index is 4.08. The fourth-order valence-electron chi connectivity index (χ4n) is 2.26. The van der Waals surface area contributed by atoms with E-state index in [9.17, 15) is 0 Å². The number of hydrogen-bond acceptors (Lipinski definition) is 5. The Bertz CT molecular complexity index is 513. The number of benzene rings is 1. The predicted molar refractivity (Wildman–Crippen MR) is 88.2 cm³/mol. The van der Waals surface area contributed by atoms with Crippen molar-refractivity contribution in [1.29, 1.82) is 0 Å². The van der Waals surface area contributed by atoms with Crippen molar-refractivity contribution in [2.45, 2.75) is 19.9 Å². The maximum Gasteiger partial charge on any atom is 0.206 e. The molecule has 2 aromatic rings. The van der Waals surface area contributed by atoms with Gasteiger partial charge in [-0.05, 0) is 34.6 Å². The number of anilines is 1. The number of halogens is 1. The van der Waals surface area contributed by atoms with Gasteiger partial charge in [0.25, 0.3) is 0 Å². The maximum atomic E-state index is 4.08. The molecule has 1 unspecified atom stereocenters. The smallest absolute Gasteiger partial charge is 0.206 e. The lowest BCUT2D eigenvalue weighted by Crippen LogP contribution is -2.33. The molecule has 2 rings (SSSR count). The Morgan fingerprint density at radius 3 is 2.45 bits per heavy atom. The summed E-state index contributed by atoms with van der Waals surface area (Å²) in [5.41, 5.74) is 1.33. The molecule has 0 amide bonds. The van der Waals surface area contributed by atoms with Gasteiger partial charge in [-0.1, -0.05) is 55.5 Å². The van der Waals surface area contributed by atoms with Crippen LogP contribution in [-0.2, 0) is 0 Å². The Hall–Kier alpha value is -0.980. The van der Waals surface area contributed by atoms with Gasteiger partial charge in [-0.3, -0.25) is 4.90 Å². The summed E-state index contributed by atoms with van der Waals surface area (Å²) in [6, 6.07) is 10.9. The van der Waals surface area contributed by atoms with Crippen LogP contribution in [0.2, 0.25) is 0 Å². The first kappa shape index (κ1) is 15.4. The highest BCUT2D eigenvalue weighted by molar-refractivity contribution is 9.11. The summed E-state index contributed by atoms with van der Waals surface area (Å²) in [6.07, 6.45) is 0. The minimum absolute atomic E-state index is 0.342. The standard InChI is InChI=1S/C14H19BrN4S/c1-3-19(4-2)12(11-8-6-5-7-9-11)10-16-14-18-17-13(15)20-14/h5-9,12H,3-4,10H2,1-2H3,(H,16,18). The van der Waals surface area contributed by atoms with Crippen LogP contribution in [0.3, 0.4) is 0 Å². The van der Waals surface area contributed by atoms with Crippen LogP contribution in [0.5, 0.6) is 0 Å². The monoisotopic (exact) mass is 354 g/mol. The topological polar surface area (TPSA) is 41.0 Å². The molecule has 1 heterocycles. The van der Waals surface area contributed by atoms with Crippen LogP contribution >= 0.6 is 27.3 Å². The molecule has 0 saturated heterocycles. The quantitative estimate of drug-likeness (QED) is 0.820. The van der Waals surface area contributed by atoms with Crippen LogP contribution in [0.4, 0.5) is 5.13 Å². The molecular formula is C14H19BrN4S. The van der Waals surface area contributed by atoms with Gasteiger partial charge in [0.1, 0.15) is 0 Å². The Kier molecular flexibility index (Phi) is 5.94. The van der Waals surface area contributed by atoms with Gasteiger partial charge in [0, 0.05) is 6.54 Å². The molecule has 0 saturated carbocycles. The molecule has 1 aromatic heterocycles. The molecule has 0 fully saturated rings. The lowest BCUT2D eigenvalue weighted by Gasteiger charge is -2.30. The van der Waals surface area contributed by atoms with Gasteiger partial charge in [-0.25, -0.2) is 0 Å². The molecule has 1 N–H and O–H groups in total. The number of likely N-dealkylation sites (N-methyl/N-ethyl adjacent to an activating group) is 1. The molecule has 1 aromatic carbocycles. The van der Waals surface area contributed by atoms with E-state index in [0.29, 0.717) is 6.04 Å². The van der Waals surface area contributed by atoms with Crippen LogP contribution in [0, 0.1) is 0 Å². The second kappa shape index (κ2) is 7.71. The summed E-state index contributed by atoms with van der Waals surface area (Å²) in [4.78, 5) is 2.44. The number of nitrogens with one attached hydrogen (secondary N) is 1. The average Bonchev–Trinajstić information content (AvgIpc) is 2.90. The largest absolute Gasteiger partial charge is 0.358 e. The molecule has 0 radical (unpaired) electrons. The van der Waals surface area contributed by atoms with Gasteiger partial charge in [0.2, 0.25) is 5.13 Å². The minimum Gasteiger partial charge on any atom is -0.358 e. The van der Waals surface area contributed by atoms with E-state index in [2.05, 4.69) is 80.5 Å². The SMILES string of the molecule is CCN(CC)C(CNc1nnc(Br)s1)c1ccccc1. The zero-order valence-electron chi connectivity index (χ0n) is 11.7. The van der Waals surface area contributed by atoms with Gasteiger partial charge < -0.3 is 5.32 Å². The molecule has 0 aliphatic heterocycles. The van der Waals surface area contributed by atoms with E-state index in [0.717, 1.165) is 28.7 Å². The third-order valence-electron chi connectivity index (χ3n) is 3.28. The Morgan fingerprint density at radius 1 is 1.20 bits per heavy atom. The fourth-order valence-corrected chi connectivity index (χ4v) is 3.28. The van der Waals surface area contributed by atoms with E-state index in [1.165, 1.54) is 16.9 Å². The van der Waals surface area contributed by atoms with Crippen LogP contribution in [0.15, 0.2) is 34.2 Å². The summed E-state index contributed by atoms with van der Waals surface area (Å²) in [7, 11) is 0. The number of hydrogen-bond donors (Lipinski definition) is 1. The van der Waals surface area contributed by atoms with Crippen molar-refractivity contribution in [3.05, 3.63) is 39.8 Å². The number of nitrogens with zero attached hydrogens (tertiary/aromatic N) is 3. The molecule has 6 heteroatoms. The normalized spacial score (nSPS) is 12.6. The first-order valence-electron chi connectivity index (χ1n) is 6.76. The molecule has 4 nitrogen and oxygen atoms in total. The third-order valence-corrected chi connectivity index (χ3v) is 4.60. The highest BCUT2D eigenvalue weighted by atomic mass is 79.9. The first-order valence-corrected chi connectivity index (χ1v) is 8.37. The lowest BCUT2D eigenvalue weighted by molar-refractivity contribution is 0.228. The van der Waals surface area contributed by atoms with Gasteiger partial charge in [-0.2, -0.15) is 0 Å². The van der Waals surface area contributed by atoms with E-state index in [-0.39, 0.29) is 0 Å². The van der Waals surface area contributed by atoms with Gasteiger partial charge >= 0.3 is 0 Å². The molecule has 1 atom stereocenters. The van der Waals surface area contributed by atoms with Crippen LogP contribution in [0.25, 0.3) is 0 Å². The van der Waals surface area contributed by atoms with E-state index in [1.807, 2.05) is 0 Å². The summed E-state index contributed by atoms with van der Waals surface area (Å²) >= 11 is 4.85. The molecule has 0 spiro atoms. The summed E-state index contributed by atoms with van der Waals surface area (Å²) in [5, 5.41) is 12.3. The summed E-state index contributed by atoms with van der Waals surface area (Å²) < 4.78 is 0.805. The highest BCUT2D eigenvalue weighted by Gasteiger charge is 2.18.